The molecule has 2 unspecified atom stereocenters. The molecule has 2 N–H and O–H groups in total. The monoisotopic (exact) mass is 399 g/mol. The predicted molar refractivity (Wildman–Crippen MR) is 99.0 cm³/mol. The Bertz CT molecular complexity index is 574. The Hall–Kier alpha value is -0.990. The molecule has 0 aromatic heterocycles. The highest BCUT2D eigenvalue weighted by Crippen LogP contribution is 2.37. The number of alkyl halides is 3. The predicted octanol–water partition coefficient (Wildman–Crippen LogP) is 3.12. The fourth-order valence-corrected chi connectivity index (χ4v) is 3.89. The molecule has 0 spiro atoms. The maximum atomic E-state index is 13.0. The normalized spacial score (nSPS) is 23.0. The van der Waals surface area contributed by atoms with Crippen molar-refractivity contribution in [1.82, 2.24) is 10.6 Å². The van der Waals surface area contributed by atoms with Crippen molar-refractivity contribution < 1.29 is 21.6 Å². The zero-order chi connectivity index (χ0) is 20.0. The van der Waals surface area contributed by atoms with E-state index in [2.05, 4.69) is 15.6 Å². The molecule has 5 nitrogen and oxygen atoms in total. The van der Waals surface area contributed by atoms with Crippen LogP contribution in [0.2, 0.25) is 0 Å². The highest BCUT2D eigenvalue weighted by Gasteiger charge is 2.42. The van der Waals surface area contributed by atoms with E-state index in [1.54, 1.807) is 0 Å². The van der Waals surface area contributed by atoms with Crippen LogP contribution in [0.1, 0.15) is 52.9 Å². The zero-order valence-electron chi connectivity index (χ0n) is 16.1. The first-order chi connectivity index (χ1) is 11.8. The number of nitrogens with zero attached hydrogens (tertiary/aromatic N) is 1. The molecule has 0 aliphatic heterocycles. The van der Waals surface area contributed by atoms with E-state index < -0.39 is 21.9 Å². The summed E-state index contributed by atoms with van der Waals surface area (Å²) in [6.07, 6.45) is -0.981. The van der Waals surface area contributed by atoms with Crippen molar-refractivity contribution in [3.05, 3.63) is 0 Å². The summed E-state index contributed by atoms with van der Waals surface area (Å²) in [6, 6.07) is -0.257. The van der Waals surface area contributed by atoms with E-state index in [9.17, 15) is 21.6 Å². The van der Waals surface area contributed by atoms with Crippen LogP contribution in [-0.2, 0) is 9.84 Å². The Balaban J connectivity index is 2.68. The second-order valence-electron chi connectivity index (χ2n) is 7.99. The van der Waals surface area contributed by atoms with Crippen molar-refractivity contribution in [2.45, 2.75) is 65.1 Å². The minimum absolute atomic E-state index is 0.0609. The summed E-state index contributed by atoms with van der Waals surface area (Å²) in [5, 5.41) is 6.19. The first kappa shape index (κ1) is 23.0. The Labute approximate surface area is 155 Å². The number of sulfone groups is 1. The average Bonchev–Trinajstić information content (AvgIpc) is 2.50. The maximum absolute atomic E-state index is 13.0. The third kappa shape index (κ3) is 9.09. The minimum Gasteiger partial charge on any atom is -0.357 e. The van der Waals surface area contributed by atoms with Gasteiger partial charge in [-0.05, 0) is 38.0 Å². The van der Waals surface area contributed by atoms with Crippen LogP contribution in [0.3, 0.4) is 0 Å². The summed E-state index contributed by atoms with van der Waals surface area (Å²) in [4.78, 5) is 4.49. The average molecular weight is 400 g/mol. The molecular weight excluding hydrogens is 367 g/mol. The van der Waals surface area contributed by atoms with E-state index in [0.717, 1.165) is 0 Å². The van der Waals surface area contributed by atoms with Crippen LogP contribution < -0.4 is 10.6 Å². The number of aliphatic imine (C=N–C) groups is 1. The largest absolute Gasteiger partial charge is 0.391 e. The summed E-state index contributed by atoms with van der Waals surface area (Å²) in [5.41, 5.74) is -0.313. The molecule has 1 aliphatic carbocycles. The molecule has 0 heterocycles. The fourth-order valence-electron chi connectivity index (χ4n) is 2.97. The van der Waals surface area contributed by atoms with E-state index >= 15 is 0 Å². The van der Waals surface area contributed by atoms with E-state index in [0.29, 0.717) is 38.3 Å². The first-order valence-corrected chi connectivity index (χ1v) is 11.2. The second kappa shape index (κ2) is 9.28. The molecule has 1 rings (SSSR count). The molecule has 9 heteroatoms. The lowest BCUT2D eigenvalue weighted by Gasteiger charge is -2.32. The van der Waals surface area contributed by atoms with Crippen LogP contribution in [0.4, 0.5) is 13.2 Å². The van der Waals surface area contributed by atoms with Crippen LogP contribution in [0.5, 0.6) is 0 Å². The van der Waals surface area contributed by atoms with Gasteiger partial charge in [0.25, 0.3) is 0 Å². The van der Waals surface area contributed by atoms with Gasteiger partial charge in [0.15, 0.2) is 5.96 Å². The lowest BCUT2D eigenvalue weighted by atomic mass is 9.85. The summed E-state index contributed by atoms with van der Waals surface area (Å²) < 4.78 is 61.6. The maximum Gasteiger partial charge on any atom is 0.391 e. The number of rotatable bonds is 7. The Morgan fingerprint density at radius 3 is 2.42 bits per heavy atom. The van der Waals surface area contributed by atoms with Crippen molar-refractivity contribution >= 4 is 15.8 Å². The molecule has 2 atom stereocenters. The van der Waals surface area contributed by atoms with Crippen molar-refractivity contribution in [1.29, 1.82) is 0 Å². The molecular formula is C17H32F3N3O2S. The molecule has 0 saturated heterocycles. The molecule has 1 aliphatic rings. The molecule has 0 bridgehead atoms. The standard InChI is InChI=1S/C17H32F3N3O2S/c1-5-21-15(22-12-16(2,3)9-10-26(4,24)25)23-14-8-6-7-13(11-14)17(18,19)20/h13-14H,5-12H2,1-4H3,(H2,21,22,23). The summed E-state index contributed by atoms with van der Waals surface area (Å²) >= 11 is 0. The molecule has 0 radical (unpaired) electrons. The van der Waals surface area contributed by atoms with Gasteiger partial charge in [-0.25, -0.2) is 8.42 Å². The third-order valence-electron chi connectivity index (χ3n) is 4.64. The Morgan fingerprint density at radius 1 is 1.23 bits per heavy atom. The van der Waals surface area contributed by atoms with E-state index in [1.165, 1.54) is 6.26 Å². The minimum atomic E-state index is -4.15. The fraction of sp³-hybridized carbons (Fsp3) is 0.941. The van der Waals surface area contributed by atoms with E-state index in [4.69, 9.17) is 0 Å². The van der Waals surface area contributed by atoms with Gasteiger partial charge in [0, 0.05) is 25.4 Å². The van der Waals surface area contributed by atoms with Gasteiger partial charge in [-0.3, -0.25) is 4.99 Å². The van der Waals surface area contributed by atoms with Crippen LogP contribution in [0.15, 0.2) is 4.99 Å². The zero-order valence-corrected chi connectivity index (χ0v) is 16.9. The number of guanidine groups is 1. The lowest BCUT2D eigenvalue weighted by Crippen LogP contribution is -2.47. The van der Waals surface area contributed by atoms with Gasteiger partial charge in [-0.15, -0.1) is 0 Å². The number of hydrogen-bond acceptors (Lipinski definition) is 3. The molecule has 0 aromatic carbocycles. The van der Waals surface area contributed by atoms with E-state index in [-0.39, 0.29) is 30.1 Å². The molecule has 0 amide bonds. The van der Waals surface area contributed by atoms with Crippen molar-refractivity contribution in [3.63, 3.8) is 0 Å². The van der Waals surface area contributed by atoms with Crippen molar-refractivity contribution in [3.8, 4) is 0 Å². The van der Waals surface area contributed by atoms with Gasteiger partial charge in [0.2, 0.25) is 0 Å². The lowest BCUT2D eigenvalue weighted by molar-refractivity contribution is -0.183. The number of hydrogen-bond donors (Lipinski definition) is 2. The summed E-state index contributed by atoms with van der Waals surface area (Å²) in [7, 11) is -3.04. The van der Waals surface area contributed by atoms with Gasteiger partial charge in [0.05, 0.1) is 11.7 Å². The first-order valence-electron chi connectivity index (χ1n) is 9.12. The Morgan fingerprint density at radius 2 is 1.88 bits per heavy atom. The molecule has 1 fully saturated rings. The topological polar surface area (TPSA) is 70.6 Å². The number of nitrogens with one attached hydrogen (secondary N) is 2. The Kier molecular flexibility index (Phi) is 8.23. The van der Waals surface area contributed by atoms with Gasteiger partial charge in [-0.2, -0.15) is 13.2 Å². The van der Waals surface area contributed by atoms with Gasteiger partial charge in [-0.1, -0.05) is 20.3 Å². The van der Waals surface area contributed by atoms with Gasteiger partial charge in [0.1, 0.15) is 9.84 Å². The van der Waals surface area contributed by atoms with Gasteiger partial charge < -0.3 is 10.6 Å². The SMILES string of the molecule is CCNC(=NCC(C)(C)CCS(C)(=O)=O)NC1CCCC(C(F)(F)F)C1. The number of halogens is 3. The smallest absolute Gasteiger partial charge is 0.357 e. The quantitative estimate of drug-likeness (QED) is 0.510. The van der Waals surface area contributed by atoms with Gasteiger partial charge >= 0.3 is 6.18 Å². The highest BCUT2D eigenvalue weighted by atomic mass is 32.2. The molecule has 1 saturated carbocycles. The van der Waals surface area contributed by atoms with E-state index in [1.807, 2.05) is 20.8 Å². The summed E-state index contributed by atoms with van der Waals surface area (Å²) in [6.45, 7) is 6.76. The molecule has 0 aromatic rings. The molecule has 26 heavy (non-hydrogen) atoms. The molecule has 154 valence electrons. The van der Waals surface area contributed by atoms with Crippen LogP contribution in [0, 0.1) is 11.3 Å². The van der Waals surface area contributed by atoms with Crippen LogP contribution in [0.25, 0.3) is 0 Å². The highest BCUT2D eigenvalue weighted by molar-refractivity contribution is 7.90. The third-order valence-corrected chi connectivity index (χ3v) is 5.58. The van der Waals surface area contributed by atoms with Crippen LogP contribution >= 0.6 is 0 Å². The summed E-state index contributed by atoms with van der Waals surface area (Å²) in [5.74, 6) is -0.675. The van der Waals surface area contributed by atoms with Crippen LogP contribution in [-0.4, -0.2) is 51.7 Å². The van der Waals surface area contributed by atoms with Crippen molar-refractivity contribution in [2.24, 2.45) is 16.3 Å². The van der Waals surface area contributed by atoms with Crippen molar-refractivity contribution in [2.75, 3.05) is 25.1 Å². The second-order valence-corrected chi connectivity index (χ2v) is 10.2.